The van der Waals surface area contributed by atoms with E-state index in [1.54, 1.807) is 13.8 Å². The second-order valence-corrected chi connectivity index (χ2v) is 8.56. The van der Waals surface area contributed by atoms with Crippen LogP contribution in [0.1, 0.15) is 26.3 Å². The summed E-state index contributed by atoms with van der Waals surface area (Å²) in [6.45, 7) is 5.03. The molecule has 164 valence electrons. The third-order valence-corrected chi connectivity index (χ3v) is 5.90. The second kappa shape index (κ2) is 9.95. The number of aromatic nitrogens is 1. The number of halogens is 3. The van der Waals surface area contributed by atoms with Gasteiger partial charge in [-0.15, -0.1) is 0 Å². The highest BCUT2D eigenvalue weighted by atomic mass is 31.2. The summed E-state index contributed by atoms with van der Waals surface area (Å²) >= 11 is 0. The summed E-state index contributed by atoms with van der Waals surface area (Å²) in [6, 6.07) is 8.05. The van der Waals surface area contributed by atoms with Crippen molar-refractivity contribution < 1.29 is 36.5 Å². The van der Waals surface area contributed by atoms with Crippen LogP contribution in [0.4, 0.5) is 13.2 Å². The van der Waals surface area contributed by atoms with E-state index in [9.17, 15) is 22.5 Å². The fourth-order valence-corrected chi connectivity index (χ4v) is 3.58. The van der Waals surface area contributed by atoms with E-state index in [0.29, 0.717) is 17.7 Å². The molecule has 2 atom stereocenters. The largest absolute Gasteiger partial charge is 0.481 e. The molecule has 2 unspecified atom stereocenters. The molecule has 0 spiro atoms. The van der Waals surface area contributed by atoms with Gasteiger partial charge in [-0.3, -0.25) is 14.4 Å². The molecule has 30 heavy (non-hydrogen) atoms. The first kappa shape index (κ1) is 23.7. The molecular formula is C19H22F3N2O5P. The summed E-state index contributed by atoms with van der Waals surface area (Å²) < 4.78 is 66.1. The van der Waals surface area contributed by atoms with Gasteiger partial charge < -0.3 is 14.0 Å². The number of hydrogen-bond donors (Lipinski definition) is 1. The Labute approximate surface area is 172 Å². The van der Waals surface area contributed by atoms with Gasteiger partial charge in [-0.1, -0.05) is 6.92 Å². The molecule has 0 saturated heterocycles. The average Bonchev–Trinajstić information content (AvgIpc) is 2.69. The van der Waals surface area contributed by atoms with Gasteiger partial charge in [0.1, 0.15) is 11.5 Å². The minimum atomic E-state index is -4.47. The Morgan fingerprint density at radius 3 is 2.27 bits per heavy atom. The van der Waals surface area contributed by atoms with Crippen LogP contribution in [0.25, 0.3) is 0 Å². The number of carbonyl (C=O) groups is 1. The molecular weight excluding hydrogens is 424 g/mol. The fourth-order valence-electron chi connectivity index (χ4n) is 2.24. The van der Waals surface area contributed by atoms with Crippen molar-refractivity contribution in [2.75, 3.05) is 12.8 Å². The number of amides is 1. The van der Waals surface area contributed by atoms with Gasteiger partial charge in [-0.25, -0.2) is 4.98 Å². The Kier molecular flexibility index (Phi) is 7.86. The Morgan fingerprint density at radius 1 is 1.13 bits per heavy atom. The van der Waals surface area contributed by atoms with Crippen LogP contribution in [0.5, 0.6) is 17.4 Å². The number of ether oxygens (including phenoxy) is 2. The lowest BCUT2D eigenvalue weighted by Crippen LogP contribution is -2.35. The molecule has 0 saturated carbocycles. The van der Waals surface area contributed by atoms with Crippen molar-refractivity contribution in [2.45, 2.75) is 33.1 Å². The topological polar surface area (TPSA) is 86.8 Å². The molecule has 0 aliphatic rings. The lowest BCUT2D eigenvalue weighted by atomic mass is 10.3. The standard InChI is InChI=1S/C19H22F3N2O5P/c1-4-27-30(26,5-2)24-18(25)13(3)28-15-7-9-16(10-8-15)29-17-11-6-14(12-23-17)19(20,21)22/h6-13H,4-5H2,1-3H3,(H,24,25,26). The zero-order valence-corrected chi connectivity index (χ0v) is 17.5. The van der Waals surface area contributed by atoms with Crippen molar-refractivity contribution in [2.24, 2.45) is 0 Å². The lowest BCUT2D eigenvalue weighted by Gasteiger charge is -2.20. The zero-order valence-electron chi connectivity index (χ0n) is 16.6. The van der Waals surface area contributed by atoms with Crippen molar-refractivity contribution in [3.8, 4) is 17.4 Å². The van der Waals surface area contributed by atoms with Gasteiger partial charge in [0, 0.05) is 18.4 Å². The summed E-state index contributed by atoms with van der Waals surface area (Å²) in [6.07, 6.45) is -4.57. The highest BCUT2D eigenvalue weighted by Gasteiger charge is 2.30. The van der Waals surface area contributed by atoms with Crippen LogP contribution in [0.2, 0.25) is 0 Å². The van der Waals surface area contributed by atoms with Gasteiger partial charge in [0.05, 0.1) is 12.2 Å². The van der Waals surface area contributed by atoms with E-state index in [4.69, 9.17) is 14.0 Å². The quantitative estimate of drug-likeness (QED) is 0.544. The molecule has 1 N–H and O–H groups in total. The van der Waals surface area contributed by atoms with Crippen LogP contribution in [0.3, 0.4) is 0 Å². The Balaban J connectivity index is 1.95. The predicted molar refractivity (Wildman–Crippen MR) is 104 cm³/mol. The minimum absolute atomic E-state index is 0.00402. The maximum absolute atomic E-state index is 12.6. The van der Waals surface area contributed by atoms with E-state index < -0.39 is 31.3 Å². The molecule has 1 aromatic carbocycles. The Hall–Kier alpha value is -2.58. The number of nitrogens with one attached hydrogen (secondary N) is 1. The van der Waals surface area contributed by atoms with Gasteiger partial charge >= 0.3 is 6.18 Å². The summed E-state index contributed by atoms with van der Waals surface area (Å²) in [4.78, 5) is 15.8. The van der Waals surface area contributed by atoms with Gasteiger partial charge in [0.2, 0.25) is 5.88 Å². The average molecular weight is 446 g/mol. The van der Waals surface area contributed by atoms with E-state index in [2.05, 4.69) is 10.1 Å². The van der Waals surface area contributed by atoms with Crippen LogP contribution in [0.15, 0.2) is 42.6 Å². The van der Waals surface area contributed by atoms with Crippen molar-refractivity contribution in [1.82, 2.24) is 10.1 Å². The van der Waals surface area contributed by atoms with E-state index >= 15 is 0 Å². The smallest absolute Gasteiger partial charge is 0.417 e. The first-order chi connectivity index (χ1) is 14.1. The SMILES string of the molecule is CCOP(=O)(CC)NC(=O)C(C)Oc1ccc(Oc2ccc(C(F)(F)F)cn2)cc1. The summed E-state index contributed by atoms with van der Waals surface area (Å²) in [5.74, 6) is 0.0743. The molecule has 2 rings (SSSR count). The highest BCUT2D eigenvalue weighted by molar-refractivity contribution is 7.57. The normalized spacial score (nSPS) is 14.5. The van der Waals surface area contributed by atoms with Crippen molar-refractivity contribution >= 4 is 13.4 Å². The van der Waals surface area contributed by atoms with E-state index in [-0.39, 0.29) is 18.6 Å². The van der Waals surface area contributed by atoms with Crippen molar-refractivity contribution in [3.05, 3.63) is 48.2 Å². The predicted octanol–water partition coefficient (Wildman–Crippen LogP) is 5.03. The maximum atomic E-state index is 12.6. The summed E-state index contributed by atoms with van der Waals surface area (Å²) in [5.41, 5.74) is -0.872. The first-order valence-electron chi connectivity index (χ1n) is 9.10. The Bertz CT molecular complexity index is 889. The first-order valence-corrected chi connectivity index (χ1v) is 10.9. The molecule has 0 bridgehead atoms. The number of benzene rings is 1. The van der Waals surface area contributed by atoms with Crippen LogP contribution in [-0.2, 0) is 20.1 Å². The van der Waals surface area contributed by atoms with Crippen LogP contribution in [-0.4, -0.2) is 29.8 Å². The zero-order chi connectivity index (χ0) is 22.4. The number of alkyl halides is 3. The van der Waals surface area contributed by atoms with Gasteiger partial charge in [-0.2, -0.15) is 13.2 Å². The summed E-state index contributed by atoms with van der Waals surface area (Å²) in [7, 11) is -3.25. The molecule has 1 amide bonds. The fraction of sp³-hybridized carbons (Fsp3) is 0.368. The Morgan fingerprint density at radius 2 is 1.77 bits per heavy atom. The number of nitrogens with zero attached hydrogens (tertiary/aromatic N) is 1. The lowest BCUT2D eigenvalue weighted by molar-refractivity contribution is -0.137. The molecule has 11 heteroatoms. The number of pyridine rings is 1. The number of carbonyl (C=O) groups excluding carboxylic acids is 1. The molecule has 1 aromatic heterocycles. The van der Waals surface area contributed by atoms with E-state index in [0.717, 1.165) is 12.1 Å². The third-order valence-electron chi connectivity index (χ3n) is 3.83. The van der Waals surface area contributed by atoms with E-state index in [1.165, 1.54) is 31.2 Å². The molecule has 2 aromatic rings. The molecule has 1 heterocycles. The van der Waals surface area contributed by atoms with Gasteiger partial charge in [-0.05, 0) is 44.2 Å². The molecule has 0 fully saturated rings. The molecule has 7 nitrogen and oxygen atoms in total. The van der Waals surface area contributed by atoms with Crippen LogP contribution in [0, 0.1) is 0 Å². The second-order valence-electron chi connectivity index (χ2n) is 6.10. The minimum Gasteiger partial charge on any atom is -0.481 e. The van der Waals surface area contributed by atoms with E-state index in [1.807, 2.05) is 0 Å². The number of rotatable bonds is 9. The summed E-state index contributed by atoms with van der Waals surface area (Å²) in [5, 5.41) is 2.38. The van der Waals surface area contributed by atoms with Crippen LogP contribution >= 0.6 is 7.52 Å². The van der Waals surface area contributed by atoms with Crippen molar-refractivity contribution in [1.29, 1.82) is 0 Å². The van der Waals surface area contributed by atoms with Gasteiger partial charge in [0.15, 0.2) is 6.10 Å². The van der Waals surface area contributed by atoms with Crippen molar-refractivity contribution in [3.63, 3.8) is 0 Å². The highest BCUT2D eigenvalue weighted by Crippen LogP contribution is 2.41. The molecule has 0 aliphatic heterocycles. The maximum Gasteiger partial charge on any atom is 0.417 e. The molecule has 0 radical (unpaired) electrons. The van der Waals surface area contributed by atoms with Gasteiger partial charge in [0.25, 0.3) is 13.4 Å². The monoisotopic (exact) mass is 446 g/mol. The molecule has 0 aliphatic carbocycles. The third kappa shape index (κ3) is 6.74. The van der Waals surface area contributed by atoms with Crippen LogP contribution < -0.4 is 14.6 Å². The number of hydrogen-bond acceptors (Lipinski definition) is 6.